The summed E-state index contributed by atoms with van der Waals surface area (Å²) in [7, 11) is 2.19. The van der Waals surface area contributed by atoms with E-state index in [1.54, 1.807) is 0 Å². The number of piperazine rings is 1. The number of hydrogen-bond acceptors (Lipinski definition) is 3. The SMILES string of the molecule is CC1CN(c2ccc(CNC(C)(C)C)c(Cl)c2)CCN1C. The number of anilines is 1. The van der Waals surface area contributed by atoms with Crippen molar-refractivity contribution in [3.63, 3.8) is 0 Å². The zero-order valence-electron chi connectivity index (χ0n) is 13.9. The molecular formula is C17H28ClN3. The van der Waals surface area contributed by atoms with E-state index >= 15 is 0 Å². The fourth-order valence-electron chi connectivity index (χ4n) is 2.52. The standard InChI is InChI=1S/C17H28ClN3/c1-13-12-21(9-8-20(13)5)15-7-6-14(16(18)10-15)11-19-17(2,3)4/h6-7,10,13,19H,8-9,11-12H2,1-5H3. The number of likely N-dealkylation sites (N-methyl/N-ethyl adjacent to an activating group) is 1. The maximum absolute atomic E-state index is 6.47. The van der Waals surface area contributed by atoms with E-state index in [-0.39, 0.29) is 5.54 Å². The fraction of sp³-hybridized carbons (Fsp3) is 0.647. The van der Waals surface area contributed by atoms with E-state index < -0.39 is 0 Å². The molecule has 3 nitrogen and oxygen atoms in total. The molecule has 4 heteroatoms. The van der Waals surface area contributed by atoms with Crippen LogP contribution >= 0.6 is 11.6 Å². The Bertz CT molecular complexity index is 481. The second-order valence-electron chi connectivity index (χ2n) is 7.15. The Kier molecular flexibility index (Phi) is 5.18. The van der Waals surface area contributed by atoms with Crippen LogP contribution in [0, 0.1) is 0 Å². The van der Waals surface area contributed by atoms with E-state index in [0.717, 1.165) is 36.8 Å². The van der Waals surface area contributed by atoms with Crippen LogP contribution in [0.4, 0.5) is 5.69 Å². The number of nitrogens with zero attached hydrogens (tertiary/aromatic N) is 2. The van der Waals surface area contributed by atoms with Gasteiger partial charge in [-0.05, 0) is 52.4 Å². The number of nitrogens with one attached hydrogen (secondary N) is 1. The van der Waals surface area contributed by atoms with Gasteiger partial charge in [0.1, 0.15) is 0 Å². The van der Waals surface area contributed by atoms with E-state index in [1.165, 1.54) is 5.69 Å². The molecule has 118 valence electrons. The molecule has 1 aliphatic heterocycles. The predicted octanol–water partition coefficient (Wildman–Crippen LogP) is 3.37. The molecule has 2 rings (SSSR count). The average Bonchev–Trinajstić information content (AvgIpc) is 2.39. The van der Waals surface area contributed by atoms with Crippen molar-refractivity contribution in [2.45, 2.75) is 45.8 Å². The highest BCUT2D eigenvalue weighted by molar-refractivity contribution is 6.31. The van der Waals surface area contributed by atoms with Crippen LogP contribution in [0.15, 0.2) is 18.2 Å². The third-order valence-corrected chi connectivity index (χ3v) is 4.52. The van der Waals surface area contributed by atoms with Gasteiger partial charge >= 0.3 is 0 Å². The van der Waals surface area contributed by atoms with E-state index in [2.05, 4.69) is 68.1 Å². The van der Waals surface area contributed by atoms with Gasteiger partial charge in [0.2, 0.25) is 0 Å². The summed E-state index contributed by atoms with van der Waals surface area (Å²) in [4.78, 5) is 4.83. The Morgan fingerprint density at radius 1 is 1.29 bits per heavy atom. The topological polar surface area (TPSA) is 18.5 Å². The Morgan fingerprint density at radius 3 is 2.57 bits per heavy atom. The second kappa shape index (κ2) is 6.55. The van der Waals surface area contributed by atoms with E-state index in [1.807, 2.05) is 0 Å². The lowest BCUT2D eigenvalue weighted by Gasteiger charge is -2.39. The maximum atomic E-state index is 6.47. The molecule has 1 fully saturated rings. The maximum Gasteiger partial charge on any atom is 0.0471 e. The summed E-state index contributed by atoms with van der Waals surface area (Å²) in [5.74, 6) is 0. The largest absolute Gasteiger partial charge is 0.369 e. The lowest BCUT2D eigenvalue weighted by Crippen LogP contribution is -2.50. The minimum Gasteiger partial charge on any atom is -0.369 e. The average molecular weight is 310 g/mol. The zero-order chi connectivity index (χ0) is 15.6. The normalized spacial score (nSPS) is 20.9. The van der Waals surface area contributed by atoms with Gasteiger partial charge in [0.15, 0.2) is 0 Å². The van der Waals surface area contributed by atoms with Crippen LogP contribution in [0.5, 0.6) is 0 Å². The molecule has 1 heterocycles. The summed E-state index contributed by atoms with van der Waals surface area (Å²) < 4.78 is 0. The monoisotopic (exact) mass is 309 g/mol. The summed E-state index contributed by atoms with van der Waals surface area (Å²) in [6, 6.07) is 7.04. The van der Waals surface area contributed by atoms with Crippen LogP contribution in [-0.2, 0) is 6.54 Å². The van der Waals surface area contributed by atoms with Crippen molar-refractivity contribution in [2.24, 2.45) is 0 Å². The minimum atomic E-state index is 0.106. The Hall–Kier alpha value is -0.770. The fourth-order valence-corrected chi connectivity index (χ4v) is 2.76. The first-order chi connectivity index (χ1) is 9.76. The summed E-state index contributed by atoms with van der Waals surface area (Å²) in [6.45, 7) is 12.8. The molecular weight excluding hydrogens is 282 g/mol. The molecule has 0 saturated carbocycles. The molecule has 0 radical (unpaired) electrons. The van der Waals surface area contributed by atoms with Gasteiger partial charge in [-0.25, -0.2) is 0 Å². The van der Waals surface area contributed by atoms with Gasteiger partial charge in [-0.1, -0.05) is 17.7 Å². The van der Waals surface area contributed by atoms with Gasteiger partial charge in [0.25, 0.3) is 0 Å². The summed E-state index contributed by atoms with van der Waals surface area (Å²) in [5, 5.41) is 4.34. The van der Waals surface area contributed by atoms with Gasteiger partial charge in [-0.3, -0.25) is 0 Å². The first-order valence-corrected chi connectivity index (χ1v) is 8.13. The summed E-state index contributed by atoms with van der Waals surface area (Å²) >= 11 is 6.47. The van der Waals surface area contributed by atoms with Crippen molar-refractivity contribution in [1.29, 1.82) is 0 Å². The van der Waals surface area contributed by atoms with Crippen molar-refractivity contribution < 1.29 is 0 Å². The van der Waals surface area contributed by atoms with Gasteiger partial charge in [-0.2, -0.15) is 0 Å². The highest BCUT2D eigenvalue weighted by Crippen LogP contribution is 2.25. The third-order valence-electron chi connectivity index (χ3n) is 4.17. The molecule has 0 amide bonds. The molecule has 1 atom stereocenters. The van der Waals surface area contributed by atoms with E-state index in [9.17, 15) is 0 Å². The molecule has 1 unspecified atom stereocenters. The van der Waals surface area contributed by atoms with Crippen LogP contribution in [0.1, 0.15) is 33.3 Å². The highest BCUT2D eigenvalue weighted by Gasteiger charge is 2.21. The Balaban J connectivity index is 2.05. The van der Waals surface area contributed by atoms with Crippen LogP contribution in [-0.4, -0.2) is 43.2 Å². The van der Waals surface area contributed by atoms with Gasteiger partial charge in [-0.15, -0.1) is 0 Å². The van der Waals surface area contributed by atoms with Crippen LogP contribution in [0.2, 0.25) is 5.02 Å². The molecule has 0 spiro atoms. The van der Waals surface area contributed by atoms with Crippen LogP contribution in [0.3, 0.4) is 0 Å². The highest BCUT2D eigenvalue weighted by atomic mass is 35.5. The molecule has 0 aliphatic carbocycles. The third kappa shape index (κ3) is 4.60. The van der Waals surface area contributed by atoms with Gasteiger partial charge < -0.3 is 15.1 Å². The Labute approximate surface area is 134 Å². The molecule has 21 heavy (non-hydrogen) atoms. The Morgan fingerprint density at radius 2 is 2.00 bits per heavy atom. The lowest BCUT2D eigenvalue weighted by atomic mass is 10.1. The second-order valence-corrected chi connectivity index (χ2v) is 7.56. The van der Waals surface area contributed by atoms with Crippen LogP contribution < -0.4 is 10.2 Å². The van der Waals surface area contributed by atoms with Gasteiger partial charge in [0, 0.05) is 48.5 Å². The number of halogens is 1. The molecule has 1 aliphatic rings. The van der Waals surface area contributed by atoms with E-state index in [4.69, 9.17) is 11.6 Å². The van der Waals surface area contributed by atoms with Crippen molar-refractivity contribution in [2.75, 3.05) is 31.6 Å². The summed E-state index contributed by atoms with van der Waals surface area (Å²) in [6.07, 6.45) is 0. The van der Waals surface area contributed by atoms with Crippen molar-refractivity contribution in [1.82, 2.24) is 10.2 Å². The molecule has 1 saturated heterocycles. The zero-order valence-corrected chi connectivity index (χ0v) is 14.7. The van der Waals surface area contributed by atoms with Crippen LogP contribution in [0.25, 0.3) is 0 Å². The molecule has 0 bridgehead atoms. The first-order valence-electron chi connectivity index (χ1n) is 7.75. The number of benzene rings is 1. The number of rotatable bonds is 3. The predicted molar refractivity (Wildman–Crippen MR) is 92.3 cm³/mol. The molecule has 1 N–H and O–H groups in total. The lowest BCUT2D eigenvalue weighted by molar-refractivity contribution is 0.234. The molecule has 1 aromatic carbocycles. The van der Waals surface area contributed by atoms with Crippen molar-refractivity contribution >= 4 is 17.3 Å². The van der Waals surface area contributed by atoms with Crippen molar-refractivity contribution in [3.05, 3.63) is 28.8 Å². The van der Waals surface area contributed by atoms with E-state index in [0.29, 0.717) is 6.04 Å². The van der Waals surface area contributed by atoms with Crippen molar-refractivity contribution in [3.8, 4) is 0 Å². The molecule has 1 aromatic rings. The summed E-state index contributed by atoms with van der Waals surface area (Å²) in [5.41, 5.74) is 2.51. The number of hydrogen-bond donors (Lipinski definition) is 1. The quantitative estimate of drug-likeness (QED) is 0.923. The van der Waals surface area contributed by atoms with Gasteiger partial charge in [0.05, 0.1) is 0 Å². The first kappa shape index (κ1) is 16.6. The smallest absolute Gasteiger partial charge is 0.0471 e. The molecule has 0 aromatic heterocycles. The minimum absolute atomic E-state index is 0.106.